The highest BCUT2D eigenvalue weighted by Gasteiger charge is 2.18. The Labute approximate surface area is 127 Å². The second-order valence-corrected chi connectivity index (χ2v) is 5.54. The second kappa shape index (κ2) is 8.72. The van der Waals surface area contributed by atoms with Crippen LogP contribution in [-0.2, 0) is 0 Å². The maximum atomic E-state index is 12.9. The van der Waals surface area contributed by atoms with Gasteiger partial charge in [-0.25, -0.2) is 4.98 Å². The van der Waals surface area contributed by atoms with Crippen LogP contribution in [0.4, 0.5) is 4.39 Å². The minimum absolute atomic E-state index is 0.0802. The van der Waals surface area contributed by atoms with Crippen LogP contribution in [0.15, 0.2) is 18.3 Å². The quantitative estimate of drug-likeness (QED) is 0.692. The van der Waals surface area contributed by atoms with Crippen LogP contribution < -0.4 is 0 Å². The average Bonchev–Trinajstić information content (AvgIpc) is 2.46. The van der Waals surface area contributed by atoms with Gasteiger partial charge in [0, 0.05) is 25.8 Å². The highest BCUT2D eigenvalue weighted by Crippen LogP contribution is 2.08. The molecule has 1 amide bonds. The van der Waals surface area contributed by atoms with Crippen LogP contribution in [0.2, 0.25) is 0 Å². The van der Waals surface area contributed by atoms with Crippen molar-refractivity contribution in [3.05, 3.63) is 29.8 Å². The second-order valence-electron chi connectivity index (χ2n) is 5.54. The topological polar surface area (TPSA) is 36.4 Å². The van der Waals surface area contributed by atoms with Crippen LogP contribution in [-0.4, -0.2) is 53.4 Å². The van der Waals surface area contributed by atoms with Gasteiger partial charge in [-0.1, -0.05) is 27.7 Å². The molecule has 0 unspecified atom stereocenters. The number of hydrogen-bond donors (Lipinski definition) is 0. The minimum Gasteiger partial charge on any atom is -0.337 e. The molecule has 0 atom stereocenters. The van der Waals surface area contributed by atoms with E-state index in [9.17, 15) is 9.18 Å². The molecule has 0 fully saturated rings. The first kappa shape index (κ1) is 17.6. The molecule has 1 heterocycles. The normalized spacial score (nSPS) is 11.2. The van der Waals surface area contributed by atoms with Crippen molar-refractivity contribution in [2.24, 2.45) is 5.92 Å². The zero-order chi connectivity index (χ0) is 15.8. The van der Waals surface area contributed by atoms with E-state index in [0.717, 1.165) is 19.6 Å². The summed E-state index contributed by atoms with van der Waals surface area (Å²) in [5, 5.41) is 0. The molecular weight excluding hydrogens is 269 g/mol. The Balaban J connectivity index is 2.76. The van der Waals surface area contributed by atoms with Crippen LogP contribution in [0.25, 0.3) is 0 Å². The van der Waals surface area contributed by atoms with Gasteiger partial charge in [0.05, 0.1) is 5.56 Å². The Morgan fingerprint density at radius 2 is 1.90 bits per heavy atom. The summed E-state index contributed by atoms with van der Waals surface area (Å²) in [6.07, 6.45) is 1.31. The van der Waals surface area contributed by atoms with Crippen molar-refractivity contribution in [3.8, 4) is 0 Å². The van der Waals surface area contributed by atoms with Gasteiger partial charge in [-0.3, -0.25) is 4.79 Å². The van der Waals surface area contributed by atoms with Gasteiger partial charge in [0.2, 0.25) is 5.95 Å². The van der Waals surface area contributed by atoms with Crippen LogP contribution in [0.3, 0.4) is 0 Å². The SMILES string of the molecule is CCN(CC)CCN(CC(C)C)C(=O)c1ccc(F)nc1. The Kier molecular flexibility index (Phi) is 7.29. The first-order valence-corrected chi connectivity index (χ1v) is 7.61. The zero-order valence-electron chi connectivity index (χ0n) is 13.5. The van der Waals surface area contributed by atoms with Gasteiger partial charge in [-0.2, -0.15) is 4.39 Å². The molecule has 1 aromatic heterocycles. The number of carbonyl (C=O) groups is 1. The van der Waals surface area contributed by atoms with E-state index in [-0.39, 0.29) is 5.91 Å². The monoisotopic (exact) mass is 295 g/mol. The molecule has 0 radical (unpaired) electrons. The Morgan fingerprint density at radius 1 is 1.24 bits per heavy atom. The first-order valence-electron chi connectivity index (χ1n) is 7.61. The highest BCUT2D eigenvalue weighted by molar-refractivity contribution is 5.93. The fraction of sp³-hybridized carbons (Fsp3) is 0.625. The Bertz CT molecular complexity index is 430. The van der Waals surface area contributed by atoms with Crippen LogP contribution in [0, 0.1) is 11.9 Å². The van der Waals surface area contributed by atoms with Gasteiger partial charge in [-0.15, -0.1) is 0 Å². The van der Waals surface area contributed by atoms with Crippen LogP contribution >= 0.6 is 0 Å². The van der Waals surface area contributed by atoms with E-state index in [4.69, 9.17) is 0 Å². The largest absolute Gasteiger partial charge is 0.337 e. The number of nitrogens with zero attached hydrogens (tertiary/aromatic N) is 3. The lowest BCUT2D eigenvalue weighted by Crippen LogP contribution is -2.40. The lowest BCUT2D eigenvalue weighted by molar-refractivity contribution is 0.0716. The first-order chi connectivity index (χ1) is 9.97. The molecule has 0 bridgehead atoms. The highest BCUT2D eigenvalue weighted by atomic mass is 19.1. The molecule has 0 saturated heterocycles. The summed E-state index contributed by atoms with van der Waals surface area (Å²) in [4.78, 5) is 20.2. The molecule has 1 aromatic rings. The predicted octanol–water partition coefficient (Wildman–Crippen LogP) is 2.66. The van der Waals surface area contributed by atoms with E-state index >= 15 is 0 Å². The molecule has 21 heavy (non-hydrogen) atoms. The van der Waals surface area contributed by atoms with E-state index in [1.807, 2.05) is 4.90 Å². The fourth-order valence-corrected chi connectivity index (χ4v) is 2.20. The number of halogens is 1. The van der Waals surface area contributed by atoms with Gasteiger partial charge in [0.25, 0.3) is 5.91 Å². The summed E-state index contributed by atoms with van der Waals surface area (Å²) in [6, 6.07) is 2.72. The number of carbonyl (C=O) groups excluding carboxylic acids is 1. The lowest BCUT2D eigenvalue weighted by atomic mass is 10.1. The van der Waals surface area contributed by atoms with Crippen molar-refractivity contribution in [3.63, 3.8) is 0 Å². The summed E-state index contributed by atoms with van der Waals surface area (Å²) >= 11 is 0. The number of pyridine rings is 1. The number of rotatable bonds is 8. The summed E-state index contributed by atoms with van der Waals surface area (Å²) in [5.74, 6) is -0.257. The fourth-order valence-electron chi connectivity index (χ4n) is 2.20. The number of amides is 1. The lowest BCUT2D eigenvalue weighted by Gasteiger charge is -2.28. The van der Waals surface area contributed by atoms with Crippen molar-refractivity contribution >= 4 is 5.91 Å². The molecule has 0 N–H and O–H groups in total. The summed E-state index contributed by atoms with van der Waals surface area (Å²) in [6.45, 7) is 12.6. The number of likely N-dealkylation sites (N-methyl/N-ethyl adjacent to an activating group) is 1. The summed E-state index contributed by atoms with van der Waals surface area (Å²) < 4.78 is 12.9. The average molecular weight is 295 g/mol. The molecule has 5 heteroatoms. The van der Waals surface area contributed by atoms with E-state index < -0.39 is 5.95 Å². The van der Waals surface area contributed by atoms with Crippen molar-refractivity contribution in [1.29, 1.82) is 0 Å². The van der Waals surface area contributed by atoms with Crippen molar-refractivity contribution < 1.29 is 9.18 Å². The van der Waals surface area contributed by atoms with Crippen molar-refractivity contribution in [2.75, 3.05) is 32.7 Å². The Morgan fingerprint density at radius 3 is 2.38 bits per heavy atom. The van der Waals surface area contributed by atoms with Gasteiger partial charge >= 0.3 is 0 Å². The molecular formula is C16H26FN3O. The number of hydrogen-bond acceptors (Lipinski definition) is 3. The number of aromatic nitrogens is 1. The third-order valence-electron chi connectivity index (χ3n) is 3.43. The van der Waals surface area contributed by atoms with E-state index in [2.05, 4.69) is 37.6 Å². The smallest absolute Gasteiger partial charge is 0.255 e. The maximum absolute atomic E-state index is 12.9. The van der Waals surface area contributed by atoms with Crippen LogP contribution in [0.5, 0.6) is 0 Å². The van der Waals surface area contributed by atoms with E-state index in [1.54, 1.807) is 0 Å². The van der Waals surface area contributed by atoms with Gasteiger partial charge < -0.3 is 9.80 Å². The van der Waals surface area contributed by atoms with Crippen LogP contribution in [0.1, 0.15) is 38.1 Å². The predicted molar refractivity (Wildman–Crippen MR) is 82.7 cm³/mol. The molecule has 0 aliphatic carbocycles. The van der Waals surface area contributed by atoms with E-state index in [1.165, 1.54) is 18.3 Å². The molecule has 118 valence electrons. The molecule has 0 saturated carbocycles. The zero-order valence-corrected chi connectivity index (χ0v) is 13.5. The molecule has 1 rings (SSSR count). The van der Waals surface area contributed by atoms with Gasteiger partial charge in [0.1, 0.15) is 0 Å². The van der Waals surface area contributed by atoms with Crippen molar-refractivity contribution in [2.45, 2.75) is 27.7 Å². The van der Waals surface area contributed by atoms with E-state index in [0.29, 0.717) is 24.6 Å². The Hall–Kier alpha value is -1.49. The van der Waals surface area contributed by atoms with Crippen molar-refractivity contribution in [1.82, 2.24) is 14.8 Å². The molecule has 0 aliphatic rings. The third kappa shape index (κ3) is 5.79. The summed E-state index contributed by atoms with van der Waals surface area (Å²) in [5.41, 5.74) is 0.441. The molecule has 0 spiro atoms. The minimum atomic E-state index is -0.565. The molecule has 0 aromatic carbocycles. The molecule has 4 nitrogen and oxygen atoms in total. The maximum Gasteiger partial charge on any atom is 0.255 e. The molecule has 0 aliphatic heterocycles. The standard InChI is InChI=1S/C16H26FN3O/c1-5-19(6-2)9-10-20(12-13(3)4)16(21)14-7-8-15(17)18-11-14/h7-8,11,13H,5-6,9-10,12H2,1-4H3. The van der Waals surface area contributed by atoms with Gasteiger partial charge in [-0.05, 0) is 31.1 Å². The third-order valence-corrected chi connectivity index (χ3v) is 3.43. The summed E-state index contributed by atoms with van der Waals surface area (Å²) in [7, 11) is 0. The van der Waals surface area contributed by atoms with Gasteiger partial charge in [0.15, 0.2) is 0 Å².